The number of hydrogen-bond acceptors (Lipinski definition) is 0. The summed E-state index contributed by atoms with van der Waals surface area (Å²) in [6.45, 7) is 15.6. The summed E-state index contributed by atoms with van der Waals surface area (Å²) in [5.74, 6) is 0. The molecule has 0 heterocycles. The normalized spacial score (nSPS) is 10.3. The predicted octanol–water partition coefficient (Wildman–Crippen LogP) is 5.30. The summed E-state index contributed by atoms with van der Waals surface area (Å²) in [6.07, 6.45) is 11.8. The Labute approximate surface area is 90.7 Å². The molecule has 0 rings (SSSR count). The van der Waals surface area contributed by atoms with Crippen LogP contribution >= 0.6 is 0 Å². The topological polar surface area (TPSA) is 0 Å². The molecule has 0 nitrogen and oxygen atoms in total. The van der Waals surface area contributed by atoms with E-state index in [0.717, 1.165) is 0 Å². The van der Waals surface area contributed by atoms with Crippen LogP contribution in [0.3, 0.4) is 0 Å². The molecule has 0 bridgehead atoms. The van der Waals surface area contributed by atoms with Crippen molar-refractivity contribution in [2.24, 2.45) is 0 Å². The first-order chi connectivity index (χ1) is 6.85. The number of rotatable bonds is 3. The first kappa shape index (κ1) is 18.7. The quantitative estimate of drug-likeness (QED) is 0.534. The smallest absolute Gasteiger partial charge is 0.0303 e. The maximum absolute atomic E-state index is 3.59. The molecule has 0 amide bonds. The van der Waals surface area contributed by atoms with E-state index in [1.807, 2.05) is 59.8 Å². The van der Waals surface area contributed by atoms with Gasteiger partial charge in [0.1, 0.15) is 0 Å². The average molecular weight is 194 g/mol. The lowest BCUT2D eigenvalue weighted by molar-refractivity contribution is 1.50. The van der Waals surface area contributed by atoms with Gasteiger partial charge in [0, 0.05) is 0 Å². The van der Waals surface area contributed by atoms with E-state index in [1.165, 1.54) is 5.57 Å². The summed E-state index contributed by atoms with van der Waals surface area (Å²) in [4.78, 5) is 0. The molecule has 14 heavy (non-hydrogen) atoms. The molecule has 0 aliphatic carbocycles. The summed E-state index contributed by atoms with van der Waals surface area (Å²) in [5, 5.41) is 0. The molecule has 0 aliphatic rings. The minimum absolute atomic E-state index is 1.21. The van der Waals surface area contributed by atoms with Crippen LogP contribution in [-0.4, -0.2) is 0 Å². The van der Waals surface area contributed by atoms with Crippen molar-refractivity contribution in [3.63, 3.8) is 0 Å². The summed E-state index contributed by atoms with van der Waals surface area (Å²) in [7, 11) is 0. The molecule has 0 saturated heterocycles. The standard InChI is InChI=1S/C10H14.2C2H6/c1-4-7-9-10(6-3)8-5-2;2*1-2/h4-9H,1H2,2-3H3;2*1-2H3/b8-5-,9-7-,10-6-;;. The van der Waals surface area contributed by atoms with Gasteiger partial charge in [-0.1, -0.05) is 70.7 Å². The van der Waals surface area contributed by atoms with Crippen LogP contribution in [0.5, 0.6) is 0 Å². The van der Waals surface area contributed by atoms with Gasteiger partial charge in [-0.25, -0.2) is 0 Å². The molecule has 0 aromatic carbocycles. The molecule has 0 atom stereocenters. The van der Waals surface area contributed by atoms with Crippen LogP contribution in [0.1, 0.15) is 41.5 Å². The largest absolute Gasteiger partial charge is 0.0991 e. The summed E-state index contributed by atoms with van der Waals surface area (Å²) < 4.78 is 0. The van der Waals surface area contributed by atoms with Crippen molar-refractivity contribution < 1.29 is 0 Å². The highest BCUT2D eigenvalue weighted by Crippen LogP contribution is 1.98. The summed E-state index contributed by atoms with van der Waals surface area (Å²) >= 11 is 0. The zero-order valence-corrected chi connectivity index (χ0v) is 10.7. The highest BCUT2D eigenvalue weighted by molar-refractivity contribution is 5.31. The van der Waals surface area contributed by atoms with Gasteiger partial charge in [0.05, 0.1) is 0 Å². The van der Waals surface area contributed by atoms with Crippen molar-refractivity contribution in [2.75, 3.05) is 0 Å². The molecule has 0 fully saturated rings. The van der Waals surface area contributed by atoms with E-state index in [9.17, 15) is 0 Å². The second-order valence-electron chi connectivity index (χ2n) is 1.88. The van der Waals surface area contributed by atoms with Gasteiger partial charge in [0.25, 0.3) is 0 Å². The van der Waals surface area contributed by atoms with Crippen molar-refractivity contribution >= 4 is 0 Å². The van der Waals surface area contributed by atoms with Gasteiger partial charge in [-0.15, -0.1) is 0 Å². The average Bonchev–Trinajstić information content (AvgIpc) is 2.29. The molecule has 0 N–H and O–H groups in total. The Balaban J connectivity index is -0.000000266. The predicted molar refractivity (Wildman–Crippen MR) is 70.6 cm³/mol. The Kier molecular flexibility index (Phi) is 30.3. The molecular formula is C14H26. The Morgan fingerprint density at radius 1 is 0.929 bits per heavy atom. The lowest BCUT2D eigenvalue weighted by Gasteiger charge is -1.87. The second-order valence-corrected chi connectivity index (χ2v) is 1.88. The Morgan fingerprint density at radius 2 is 1.43 bits per heavy atom. The SMILES string of the molecule is C=C\C=C/C(/C=C\C)=C\C.CC.CC. The summed E-state index contributed by atoms with van der Waals surface area (Å²) in [5.41, 5.74) is 1.21. The fourth-order valence-electron chi connectivity index (χ4n) is 0.620. The third-order valence-corrected chi connectivity index (χ3v) is 1.12. The molecule has 0 unspecified atom stereocenters. The number of hydrogen-bond donors (Lipinski definition) is 0. The van der Waals surface area contributed by atoms with E-state index in [1.54, 1.807) is 6.08 Å². The van der Waals surface area contributed by atoms with Gasteiger partial charge in [0.15, 0.2) is 0 Å². The molecule has 0 aromatic rings. The Hall–Kier alpha value is -1.04. The Bertz CT molecular complexity index is 168. The van der Waals surface area contributed by atoms with Crippen LogP contribution in [0.4, 0.5) is 0 Å². The second kappa shape index (κ2) is 22.7. The zero-order valence-electron chi connectivity index (χ0n) is 10.7. The third kappa shape index (κ3) is 17.2. The highest BCUT2D eigenvalue weighted by Gasteiger charge is 1.77. The minimum atomic E-state index is 1.21. The maximum atomic E-state index is 3.59. The zero-order chi connectivity index (χ0) is 11.8. The molecule has 0 radical (unpaired) electrons. The van der Waals surface area contributed by atoms with Crippen molar-refractivity contribution in [1.82, 2.24) is 0 Å². The van der Waals surface area contributed by atoms with Crippen LogP contribution in [0.2, 0.25) is 0 Å². The van der Waals surface area contributed by atoms with Crippen LogP contribution in [0.15, 0.2) is 48.6 Å². The molecule has 0 saturated carbocycles. The van der Waals surface area contributed by atoms with E-state index >= 15 is 0 Å². The highest BCUT2D eigenvalue weighted by atomic mass is 13.8. The van der Waals surface area contributed by atoms with Gasteiger partial charge in [0.2, 0.25) is 0 Å². The molecule has 0 heteroatoms. The van der Waals surface area contributed by atoms with E-state index in [4.69, 9.17) is 0 Å². The van der Waals surface area contributed by atoms with Crippen LogP contribution < -0.4 is 0 Å². The van der Waals surface area contributed by atoms with E-state index < -0.39 is 0 Å². The minimum Gasteiger partial charge on any atom is -0.0991 e. The molecular weight excluding hydrogens is 168 g/mol. The van der Waals surface area contributed by atoms with Crippen LogP contribution in [0, 0.1) is 0 Å². The molecule has 0 spiro atoms. The van der Waals surface area contributed by atoms with Crippen molar-refractivity contribution in [2.45, 2.75) is 41.5 Å². The van der Waals surface area contributed by atoms with E-state index in [2.05, 4.69) is 18.7 Å². The van der Waals surface area contributed by atoms with Gasteiger partial charge in [-0.3, -0.25) is 0 Å². The first-order valence-electron chi connectivity index (χ1n) is 5.43. The summed E-state index contributed by atoms with van der Waals surface area (Å²) in [6, 6.07) is 0. The van der Waals surface area contributed by atoms with Gasteiger partial charge >= 0.3 is 0 Å². The lowest BCUT2D eigenvalue weighted by atomic mass is 10.2. The van der Waals surface area contributed by atoms with Crippen LogP contribution in [-0.2, 0) is 0 Å². The third-order valence-electron chi connectivity index (χ3n) is 1.12. The fourth-order valence-corrected chi connectivity index (χ4v) is 0.620. The van der Waals surface area contributed by atoms with Crippen molar-refractivity contribution in [1.29, 1.82) is 0 Å². The van der Waals surface area contributed by atoms with Gasteiger partial charge in [-0.05, 0) is 19.4 Å². The van der Waals surface area contributed by atoms with E-state index in [0.29, 0.717) is 0 Å². The number of allylic oxidation sites excluding steroid dienone is 7. The lowest BCUT2D eigenvalue weighted by Crippen LogP contribution is -1.66. The Morgan fingerprint density at radius 3 is 1.71 bits per heavy atom. The monoisotopic (exact) mass is 194 g/mol. The fraction of sp³-hybridized carbons (Fsp3) is 0.429. The maximum Gasteiger partial charge on any atom is -0.0303 e. The molecule has 0 aliphatic heterocycles. The van der Waals surface area contributed by atoms with Crippen LogP contribution in [0.25, 0.3) is 0 Å². The molecule has 82 valence electrons. The van der Waals surface area contributed by atoms with E-state index in [-0.39, 0.29) is 0 Å². The van der Waals surface area contributed by atoms with Gasteiger partial charge in [-0.2, -0.15) is 0 Å². The van der Waals surface area contributed by atoms with Gasteiger partial charge < -0.3 is 0 Å². The molecule has 0 aromatic heterocycles. The first-order valence-corrected chi connectivity index (χ1v) is 5.43. The van der Waals surface area contributed by atoms with Crippen molar-refractivity contribution in [3.8, 4) is 0 Å². The van der Waals surface area contributed by atoms with Crippen molar-refractivity contribution in [3.05, 3.63) is 48.6 Å².